The number of hydrogen-bond donors (Lipinski definition) is 1. The van der Waals surface area contributed by atoms with Crippen molar-refractivity contribution in [1.29, 1.82) is 5.26 Å². The van der Waals surface area contributed by atoms with Crippen LogP contribution in [0.4, 0.5) is 19.0 Å². The second-order valence-corrected chi connectivity index (χ2v) is 3.13. The van der Waals surface area contributed by atoms with E-state index in [1.165, 1.54) is 0 Å². The first kappa shape index (κ1) is 12.3. The standard InChI is InChI=1S/C10H10F3N3/c1-2-5-15-9-7(6-14)3-4-8(16-9)10(11,12)13/h3-4H,2,5H2,1H3,(H,15,16). The summed E-state index contributed by atoms with van der Waals surface area (Å²) in [6, 6.07) is 3.71. The molecule has 6 heteroatoms. The Balaban J connectivity index is 3.07. The van der Waals surface area contributed by atoms with Gasteiger partial charge < -0.3 is 5.32 Å². The molecule has 0 bridgehead atoms. The van der Waals surface area contributed by atoms with Crippen molar-refractivity contribution < 1.29 is 13.2 Å². The summed E-state index contributed by atoms with van der Waals surface area (Å²) >= 11 is 0. The molecule has 1 aromatic rings. The lowest BCUT2D eigenvalue weighted by Crippen LogP contribution is -2.12. The molecule has 0 spiro atoms. The summed E-state index contributed by atoms with van der Waals surface area (Å²) in [6.07, 6.45) is -3.75. The van der Waals surface area contributed by atoms with Gasteiger partial charge in [0.25, 0.3) is 0 Å². The summed E-state index contributed by atoms with van der Waals surface area (Å²) in [6.45, 7) is 2.34. The van der Waals surface area contributed by atoms with Crippen LogP contribution in [0, 0.1) is 11.3 Å². The van der Waals surface area contributed by atoms with Crippen molar-refractivity contribution in [3.05, 3.63) is 23.4 Å². The zero-order valence-corrected chi connectivity index (χ0v) is 8.60. The smallest absolute Gasteiger partial charge is 0.369 e. The first-order valence-corrected chi connectivity index (χ1v) is 4.71. The van der Waals surface area contributed by atoms with Crippen LogP contribution in [0.3, 0.4) is 0 Å². The lowest BCUT2D eigenvalue weighted by atomic mass is 10.2. The van der Waals surface area contributed by atoms with E-state index in [9.17, 15) is 13.2 Å². The summed E-state index contributed by atoms with van der Waals surface area (Å²) in [4.78, 5) is 3.39. The van der Waals surface area contributed by atoms with Crippen LogP contribution in [0.15, 0.2) is 12.1 Å². The number of alkyl halides is 3. The third-order valence-electron chi connectivity index (χ3n) is 1.85. The molecule has 0 saturated carbocycles. The quantitative estimate of drug-likeness (QED) is 0.866. The van der Waals surface area contributed by atoms with E-state index in [0.29, 0.717) is 6.54 Å². The molecule has 0 aliphatic carbocycles. The monoisotopic (exact) mass is 229 g/mol. The fourth-order valence-electron chi connectivity index (χ4n) is 1.09. The fourth-order valence-corrected chi connectivity index (χ4v) is 1.09. The lowest BCUT2D eigenvalue weighted by molar-refractivity contribution is -0.141. The van der Waals surface area contributed by atoms with E-state index >= 15 is 0 Å². The van der Waals surface area contributed by atoms with Gasteiger partial charge in [-0.2, -0.15) is 18.4 Å². The molecule has 1 N–H and O–H groups in total. The van der Waals surface area contributed by atoms with Gasteiger partial charge in [-0.25, -0.2) is 4.98 Å². The van der Waals surface area contributed by atoms with E-state index in [1.54, 1.807) is 6.07 Å². The minimum Gasteiger partial charge on any atom is -0.369 e. The lowest BCUT2D eigenvalue weighted by Gasteiger charge is -2.10. The molecule has 0 aliphatic heterocycles. The Hall–Kier alpha value is -1.77. The molecule has 0 saturated heterocycles. The van der Waals surface area contributed by atoms with Gasteiger partial charge in [0.2, 0.25) is 0 Å². The third-order valence-corrected chi connectivity index (χ3v) is 1.85. The van der Waals surface area contributed by atoms with Crippen molar-refractivity contribution in [2.45, 2.75) is 19.5 Å². The molecule has 3 nitrogen and oxygen atoms in total. The van der Waals surface area contributed by atoms with Crippen LogP contribution < -0.4 is 5.32 Å². The Bertz CT molecular complexity index is 407. The Morgan fingerprint density at radius 1 is 1.44 bits per heavy atom. The molecule has 0 amide bonds. The van der Waals surface area contributed by atoms with Gasteiger partial charge in [0, 0.05) is 6.54 Å². The number of halogens is 3. The topological polar surface area (TPSA) is 48.7 Å². The largest absolute Gasteiger partial charge is 0.433 e. The molecular weight excluding hydrogens is 219 g/mol. The molecule has 1 rings (SSSR count). The molecule has 86 valence electrons. The normalized spacial score (nSPS) is 10.9. The maximum atomic E-state index is 12.4. The van der Waals surface area contributed by atoms with E-state index in [0.717, 1.165) is 18.6 Å². The van der Waals surface area contributed by atoms with E-state index in [2.05, 4.69) is 10.3 Å². The van der Waals surface area contributed by atoms with Gasteiger partial charge in [-0.3, -0.25) is 0 Å². The number of hydrogen-bond acceptors (Lipinski definition) is 3. The van der Waals surface area contributed by atoms with Gasteiger partial charge in [-0.15, -0.1) is 0 Å². The molecule has 1 aromatic heterocycles. The van der Waals surface area contributed by atoms with Crippen molar-refractivity contribution in [2.75, 3.05) is 11.9 Å². The van der Waals surface area contributed by atoms with E-state index in [4.69, 9.17) is 5.26 Å². The number of nitriles is 1. The Kier molecular flexibility index (Phi) is 3.72. The van der Waals surface area contributed by atoms with Gasteiger partial charge >= 0.3 is 6.18 Å². The van der Waals surface area contributed by atoms with E-state index in [-0.39, 0.29) is 11.4 Å². The second-order valence-electron chi connectivity index (χ2n) is 3.13. The number of anilines is 1. The van der Waals surface area contributed by atoms with Gasteiger partial charge in [0.15, 0.2) is 0 Å². The predicted molar refractivity (Wildman–Crippen MR) is 52.7 cm³/mol. The van der Waals surface area contributed by atoms with Crippen molar-refractivity contribution in [2.24, 2.45) is 0 Å². The van der Waals surface area contributed by atoms with Crippen molar-refractivity contribution in [1.82, 2.24) is 4.98 Å². The van der Waals surface area contributed by atoms with Gasteiger partial charge in [-0.1, -0.05) is 6.92 Å². The van der Waals surface area contributed by atoms with Crippen molar-refractivity contribution in [3.8, 4) is 6.07 Å². The van der Waals surface area contributed by atoms with Gasteiger partial charge in [0.05, 0.1) is 5.56 Å². The van der Waals surface area contributed by atoms with E-state index < -0.39 is 11.9 Å². The zero-order valence-electron chi connectivity index (χ0n) is 8.60. The number of nitrogens with one attached hydrogen (secondary N) is 1. The minimum absolute atomic E-state index is 0.0147. The van der Waals surface area contributed by atoms with Crippen LogP contribution in [-0.4, -0.2) is 11.5 Å². The average Bonchev–Trinajstić information content (AvgIpc) is 2.24. The number of nitrogens with zero attached hydrogens (tertiary/aromatic N) is 2. The Morgan fingerprint density at radius 2 is 2.12 bits per heavy atom. The highest BCUT2D eigenvalue weighted by Crippen LogP contribution is 2.29. The highest BCUT2D eigenvalue weighted by Gasteiger charge is 2.33. The highest BCUT2D eigenvalue weighted by molar-refractivity contribution is 5.52. The second kappa shape index (κ2) is 4.84. The van der Waals surface area contributed by atoms with Crippen LogP contribution in [0.5, 0.6) is 0 Å². The van der Waals surface area contributed by atoms with Crippen LogP contribution >= 0.6 is 0 Å². The predicted octanol–water partition coefficient (Wildman–Crippen LogP) is 2.79. The fraction of sp³-hybridized carbons (Fsp3) is 0.400. The summed E-state index contributed by atoms with van der Waals surface area (Å²) in [5, 5.41) is 11.4. The van der Waals surface area contributed by atoms with Crippen LogP contribution in [0.25, 0.3) is 0 Å². The van der Waals surface area contributed by atoms with Crippen LogP contribution in [-0.2, 0) is 6.18 Å². The average molecular weight is 229 g/mol. The van der Waals surface area contributed by atoms with E-state index in [1.807, 2.05) is 6.92 Å². The zero-order chi connectivity index (χ0) is 12.2. The molecule has 0 aliphatic rings. The molecule has 0 atom stereocenters. The molecule has 0 aromatic carbocycles. The first-order valence-electron chi connectivity index (χ1n) is 4.71. The molecular formula is C10H10F3N3. The summed E-state index contributed by atoms with van der Waals surface area (Å²) in [7, 11) is 0. The third kappa shape index (κ3) is 2.86. The van der Waals surface area contributed by atoms with Crippen LogP contribution in [0.1, 0.15) is 24.6 Å². The maximum absolute atomic E-state index is 12.4. The van der Waals surface area contributed by atoms with Gasteiger partial charge in [-0.05, 0) is 18.6 Å². The number of rotatable bonds is 3. The molecule has 0 radical (unpaired) electrons. The van der Waals surface area contributed by atoms with Crippen molar-refractivity contribution in [3.63, 3.8) is 0 Å². The molecule has 0 fully saturated rings. The Morgan fingerprint density at radius 3 is 2.62 bits per heavy atom. The summed E-state index contributed by atoms with van der Waals surface area (Å²) in [5.74, 6) is -0.0147. The summed E-state index contributed by atoms with van der Waals surface area (Å²) < 4.78 is 37.1. The maximum Gasteiger partial charge on any atom is 0.433 e. The minimum atomic E-state index is -4.49. The molecule has 1 heterocycles. The summed E-state index contributed by atoms with van der Waals surface area (Å²) in [5.41, 5.74) is -0.883. The Labute approximate surface area is 90.9 Å². The van der Waals surface area contributed by atoms with Crippen LogP contribution in [0.2, 0.25) is 0 Å². The highest BCUT2D eigenvalue weighted by atomic mass is 19.4. The SMILES string of the molecule is CCCNc1nc(C(F)(F)F)ccc1C#N. The van der Waals surface area contributed by atoms with Crippen molar-refractivity contribution >= 4 is 5.82 Å². The van der Waals surface area contributed by atoms with Gasteiger partial charge in [0.1, 0.15) is 17.6 Å². The first-order chi connectivity index (χ1) is 7.49. The molecule has 0 unspecified atom stereocenters. The number of aromatic nitrogens is 1. The number of pyridine rings is 1. The molecule has 16 heavy (non-hydrogen) atoms.